The van der Waals surface area contributed by atoms with Gasteiger partial charge in [0.15, 0.2) is 0 Å². The van der Waals surface area contributed by atoms with Crippen molar-refractivity contribution in [2.24, 2.45) is 0 Å². The molecular weight excluding hydrogens is 338 g/mol. The number of alkyl halides is 1. The Morgan fingerprint density at radius 1 is 1.16 bits per heavy atom. The molecule has 4 rings (SSSR count). The van der Waals surface area contributed by atoms with Crippen molar-refractivity contribution in [2.45, 2.75) is 20.4 Å². The van der Waals surface area contributed by atoms with E-state index in [4.69, 9.17) is 16.0 Å². The zero-order valence-electron chi connectivity index (χ0n) is 13.9. The lowest BCUT2D eigenvalue weighted by Gasteiger charge is -2.06. The first-order chi connectivity index (χ1) is 12.1. The van der Waals surface area contributed by atoms with Gasteiger partial charge < -0.3 is 4.42 Å². The number of benzene rings is 1. The van der Waals surface area contributed by atoms with Crippen LogP contribution in [-0.2, 0) is 6.54 Å². The van der Waals surface area contributed by atoms with Gasteiger partial charge in [-0.25, -0.2) is 9.97 Å². The Kier molecular flexibility index (Phi) is 3.81. The number of pyridine rings is 1. The molecule has 0 aliphatic rings. The molecule has 0 spiro atoms. The van der Waals surface area contributed by atoms with E-state index in [2.05, 4.69) is 9.97 Å². The second-order valence-corrected chi connectivity index (χ2v) is 6.33. The van der Waals surface area contributed by atoms with Crippen LogP contribution in [0.1, 0.15) is 11.4 Å². The molecule has 0 saturated carbocycles. The standard InChI is InChI=1S/C19H16ClN3O2/c1-11-10-14(13-6-4-3-5-7-13)22-18-15(11)16-17(25-18)19(24)23(9-8-20)12(2)21-16/h3-7,10H,8-9H2,1-2H3. The summed E-state index contributed by atoms with van der Waals surface area (Å²) in [5.74, 6) is 0.955. The van der Waals surface area contributed by atoms with Gasteiger partial charge in [0.25, 0.3) is 5.56 Å². The fourth-order valence-corrected chi connectivity index (χ4v) is 3.28. The van der Waals surface area contributed by atoms with Crippen LogP contribution in [0.5, 0.6) is 0 Å². The number of nitrogens with zero attached hydrogens (tertiary/aromatic N) is 3. The Hall–Kier alpha value is -2.66. The van der Waals surface area contributed by atoms with E-state index in [0.29, 0.717) is 29.5 Å². The molecule has 0 unspecified atom stereocenters. The second kappa shape index (κ2) is 6.01. The summed E-state index contributed by atoms with van der Waals surface area (Å²) in [5, 5.41) is 0.785. The first-order valence-corrected chi connectivity index (χ1v) is 8.56. The average molecular weight is 354 g/mol. The number of aryl methyl sites for hydroxylation is 2. The van der Waals surface area contributed by atoms with E-state index in [-0.39, 0.29) is 11.1 Å². The van der Waals surface area contributed by atoms with Crippen LogP contribution in [0.25, 0.3) is 33.5 Å². The number of furan rings is 1. The zero-order valence-corrected chi connectivity index (χ0v) is 14.7. The van der Waals surface area contributed by atoms with Gasteiger partial charge >= 0.3 is 0 Å². The third-order valence-electron chi connectivity index (χ3n) is 4.32. The van der Waals surface area contributed by atoms with E-state index >= 15 is 0 Å². The van der Waals surface area contributed by atoms with Crippen LogP contribution >= 0.6 is 11.6 Å². The maximum absolute atomic E-state index is 12.7. The zero-order chi connectivity index (χ0) is 17.6. The lowest BCUT2D eigenvalue weighted by atomic mass is 10.1. The van der Waals surface area contributed by atoms with Crippen LogP contribution in [0.3, 0.4) is 0 Å². The predicted octanol–water partition coefficient (Wildman–Crippen LogP) is 4.06. The maximum atomic E-state index is 12.7. The molecular formula is C19H16ClN3O2. The monoisotopic (exact) mass is 353 g/mol. The number of halogens is 1. The summed E-state index contributed by atoms with van der Waals surface area (Å²) >= 11 is 5.79. The molecule has 0 aliphatic carbocycles. The number of hydrogen-bond donors (Lipinski definition) is 0. The van der Waals surface area contributed by atoms with Gasteiger partial charge in [-0.1, -0.05) is 30.3 Å². The van der Waals surface area contributed by atoms with Crippen LogP contribution in [0.15, 0.2) is 45.6 Å². The molecule has 3 aromatic heterocycles. The van der Waals surface area contributed by atoms with Gasteiger partial charge in [-0.05, 0) is 25.5 Å². The summed E-state index contributed by atoms with van der Waals surface area (Å²) in [6.45, 7) is 4.17. The van der Waals surface area contributed by atoms with Gasteiger partial charge in [-0.3, -0.25) is 9.36 Å². The molecule has 25 heavy (non-hydrogen) atoms. The number of fused-ring (bicyclic) bond motifs is 3. The van der Waals surface area contributed by atoms with Gasteiger partial charge in [0.1, 0.15) is 11.3 Å². The molecule has 3 heterocycles. The summed E-state index contributed by atoms with van der Waals surface area (Å²) in [6, 6.07) is 11.9. The van der Waals surface area contributed by atoms with Crippen molar-refractivity contribution in [2.75, 3.05) is 5.88 Å². The predicted molar refractivity (Wildman–Crippen MR) is 99.2 cm³/mol. The van der Waals surface area contributed by atoms with E-state index in [1.807, 2.05) is 43.3 Å². The smallest absolute Gasteiger partial charge is 0.297 e. The van der Waals surface area contributed by atoms with Crippen LogP contribution in [0, 0.1) is 13.8 Å². The molecule has 5 nitrogen and oxygen atoms in total. The van der Waals surface area contributed by atoms with Crippen LogP contribution in [-0.4, -0.2) is 20.4 Å². The SMILES string of the molecule is Cc1cc(-c2ccccc2)nc2oc3c(=O)n(CCCl)c(C)nc3c12. The minimum absolute atomic E-state index is 0.221. The molecule has 4 aromatic rings. The normalized spacial score (nSPS) is 11.5. The van der Waals surface area contributed by atoms with E-state index in [0.717, 1.165) is 22.2 Å². The Labute approximate surface area is 148 Å². The highest BCUT2D eigenvalue weighted by molar-refractivity contribution is 6.17. The maximum Gasteiger partial charge on any atom is 0.297 e. The lowest BCUT2D eigenvalue weighted by molar-refractivity contribution is 0.620. The van der Waals surface area contributed by atoms with E-state index < -0.39 is 0 Å². The molecule has 0 N–H and O–H groups in total. The summed E-state index contributed by atoms with van der Waals surface area (Å²) < 4.78 is 7.35. The van der Waals surface area contributed by atoms with Crippen molar-refractivity contribution < 1.29 is 4.42 Å². The molecule has 126 valence electrons. The van der Waals surface area contributed by atoms with Crippen LogP contribution in [0.4, 0.5) is 0 Å². The van der Waals surface area contributed by atoms with Gasteiger partial charge in [0.2, 0.25) is 11.3 Å². The largest absolute Gasteiger partial charge is 0.430 e. The fraction of sp³-hybridized carbons (Fsp3) is 0.211. The highest BCUT2D eigenvalue weighted by Gasteiger charge is 2.19. The van der Waals surface area contributed by atoms with E-state index in [9.17, 15) is 4.79 Å². The van der Waals surface area contributed by atoms with Gasteiger partial charge in [0.05, 0.1) is 11.1 Å². The van der Waals surface area contributed by atoms with Crippen LogP contribution < -0.4 is 5.56 Å². The molecule has 0 bridgehead atoms. The van der Waals surface area contributed by atoms with Crippen molar-refractivity contribution in [1.82, 2.24) is 14.5 Å². The topological polar surface area (TPSA) is 60.9 Å². The van der Waals surface area contributed by atoms with Crippen LogP contribution in [0.2, 0.25) is 0 Å². The van der Waals surface area contributed by atoms with Gasteiger partial charge in [-0.2, -0.15) is 0 Å². The van der Waals surface area contributed by atoms with E-state index in [1.165, 1.54) is 4.57 Å². The Balaban J connectivity index is 2.04. The highest BCUT2D eigenvalue weighted by Crippen LogP contribution is 2.30. The first kappa shape index (κ1) is 15.8. The number of aromatic nitrogens is 3. The lowest BCUT2D eigenvalue weighted by Crippen LogP contribution is -2.24. The quantitative estimate of drug-likeness (QED) is 0.521. The third kappa shape index (κ3) is 2.51. The average Bonchev–Trinajstić information content (AvgIpc) is 2.98. The summed E-state index contributed by atoms with van der Waals surface area (Å²) in [7, 11) is 0. The Morgan fingerprint density at radius 3 is 2.64 bits per heavy atom. The van der Waals surface area contributed by atoms with Crippen molar-refractivity contribution in [3.63, 3.8) is 0 Å². The molecule has 0 amide bonds. The molecule has 6 heteroatoms. The molecule has 0 radical (unpaired) electrons. The Bertz CT molecular complexity index is 1150. The summed E-state index contributed by atoms with van der Waals surface area (Å²) in [4.78, 5) is 21.9. The van der Waals surface area contributed by atoms with Crippen molar-refractivity contribution >= 4 is 33.8 Å². The van der Waals surface area contributed by atoms with Crippen molar-refractivity contribution in [3.05, 3.63) is 58.1 Å². The molecule has 1 aromatic carbocycles. The molecule has 0 fully saturated rings. The number of hydrogen-bond acceptors (Lipinski definition) is 4. The summed E-state index contributed by atoms with van der Waals surface area (Å²) in [5.41, 5.74) is 3.78. The van der Waals surface area contributed by atoms with Gasteiger partial charge in [0, 0.05) is 18.0 Å². The van der Waals surface area contributed by atoms with Crippen molar-refractivity contribution in [1.29, 1.82) is 0 Å². The molecule has 0 saturated heterocycles. The fourth-order valence-electron chi connectivity index (χ4n) is 3.11. The summed E-state index contributed by atoms with van der Waals surface area (Å²) in [6.07, 6.45) is 0. The Morgan fingerprint density at radius 2 is 1.92 bits per heavy atom. The number of rotatable bonds is 3. The van der Waals surface area contributed by atoms with E-state index in [1.54, 1.807) is 6.92 Å². The molecule has 0 atom stereocenters. The van der Waals surface area contributed by atoms with Crippen molar-refractivity contribution in [3.8, 4) is 11.3 Å². The second-order valence-electron chi connectivity index (χ2n) is 5.96. The minimum atomic E-state index is -0.221. The van der Waals surface area contributed by atoms with Gasteiger partial charge in [-0.15, -0.1) is 11.6 Å². The minimum Gasteiger partial charge on any atom is -0.430 e. The molecule has 0 aliphatic heterocycles. The first-order valence-electron chi connectivity index (χ1n) is 8.03. The third-order valence-corrected chi connectivity index (χ3v) is 4.48. The highest BCUT2D eigenvalue weighted by atomic mass is 35.5.